The minimum absolute atomic E-state index is 0.0665. The van der Waals surface area contributed by atoms with Crippen molar-refractivity contribution in [3.63, 3.8) is 0 Å². The standard InChI is InChI=1S/C13H23N3O4/c1-2-8-5-3-4-6-9(8)15-13(20)16-10(12(18)19)7-11(14)17/h8-10H,2-7H2,1H3,(H2,14,17)(H,18,19)(H2,15,16,20)/t8?,9?,10-/m0/s1. The van der Waals surface area contributed by atoms with Crippen LogP contribution < -0.4 is 16.4 Å². The van der Waals surface area contributed by atoms with E-state index in [4.69, 9.17) is 10.8 Å². The van der Waals surface area contributed by atoms with Crippen molar-refractivity contribution < 1.29 is 19.5 Å². The minimum Gasteiger partial charge on any atom is -0.480 e. The van der Waals surface area contributed by atoms with Gasteiger partial charge >= 0.3 is 12.0 Å². The molecule has 3 atom stereocenters. The predicted molar refractivity (Wildman–Crippen MR) is 72.9 cm³/mol. The highest BCUT2D eigenvalue weighted by atomic mass is 16.4. The van der Waals surface area contributed by atoms with E-state index in [0.29, 0.717) is 5.92 Å². The highest BCUT2D eigenvalue weighted by Crippen LogP contribution is 2.26. The number of carboxylic acid groups (broad SMARTS) is 1. The topological polar surface area (TPSA) is 122 Å². The fourth-order valence-corrected chi connectivity index (χ4v) is 2.66. The van der Waals surface area contributed by atoms with Crippen LogP contribution in [0.25, 0.3) is 0 Å². The maximum absolute atomic E-state index is 11.8. The van der Waals surface area contributed by atoms with Crippen molar-refractivity contribution in [2.75, 3.05) is 0 Å². The van der Waals surface area contributed by atoms with Gasteiger partial charge < -0.3 is 21.5 Å². The summed E-state index contributed by atoms with van der Waals surface area (Å²) in [5.41, 5.74) is 4.96. The first-order valence-electron chi connectivity index (χ1n) is 7.02. The van der Waals surface area contributed by atoms with Gasteiger partial charge in [-0.3, -0.25) is 4.79 Å². The predicted octanol–water partition coefficient (Wildman–Crippen LogP) is 0.583. The van der Waals surface area contributed by atoms with Gasteiger partial charge in [-0.1, -0.05) is 26.2 Å². The van der Waals surface area contributed by atoms with Gasteiger partial charge in [0.15, 0.2) is 0 Å². The Bertz CT molecular complexity index is 373. The zero-order chi connectivity index (χ0) is 15.1. The number of carbonyl (C=O) groups is 3. The summed E-state index contributed by atoms with van der Waals surface area (Å²) in [4.78, 5) is 33.5. The van der Waals surface area contributed by atoms with Crippen LogP contribution in [0, 0.1) is 5.92 Å². The van der Waals surface area contributed by atoms with Crippen LogP contribution in [-0.2, 0) is 9.59 Å². The Morgan fingerprint density at radius 2 is 1.95 bits per heavy atom. The number of urea groups is 1. The summed E-state index contributed by atoms with van der Waals surface area (Å²) in [6, 6.07) is -1.77. The lowest BCUT2D eigenvalue weighted by atomic mass is 9.83. The van der Waals surface area contributed by atoms with E-state index < -0.39 is 30.4 Å². The molecule has 0 bridgehead atoms. The number of nitrogens with two attached hydrogens (primary N) is 1. The molecule has 1 aliphatic carbocycles. The quantitative estimate of drug-likeness (QED) is 0.570. The Morgan fingerprint density at radius 3 is 2.50 bits per heavy atom. The van der Waals surface area contributed by atoms with Crippen LogP contribution in [0.1, 0.15) is 45.4 Å². The number of carbonyl (C=O) groups excluding carboxylic acids is 2. The van der Waals surface area contributed by atoms with E-state index in [0.717, 1.165) is 32.1 Å². The lowest BCUT2D eigenvalue weighted by Crippen LogP contribution is -2.52. The fraction of sp³-hybridized carbons (Fsp3) is 0.769. The summed E-state index contributed by atoms with van der Waals surface area (Å²) in [7, 11) is 0. The van der Waals surface area contributed by atoms with Crippen molar-refractivity contribution in [1.29, 1.82) is 0 Å². The number of hydrogen-bond acceptors (Lipinski definition) is 3. The summed E-state index contributed by atoms with van der Waals surface area (Å²) in [6.07, 6.45) is 4.77. The Balaban J connectivity index is 2.51. The van der Waals surface area contributed by atoms with Crippen LogP contribution in [0.4, 0.5) is 4.79 Å². The molecule has 0 aromatic rings. The molecule has 7 nitrogen and oxygen atoms in total. The zero-order valence-corrected chi connectivity index (χ0v) is 11.7. The van der Waals surface area contributed by atoms with Gasteiger partial charge in [0.1, 0.15) is 6.04 Å². The first-order valence-corrected chi connectivity index (χ1v) is 7.02. The van der Waals surface area contributed by atoms with Gasteiger partial charge in [0, 0.05) is 6.04 Å². The van der Waals surface area contributed by atoms with Crippen molar-refractivity contribution >= 4 is 17.9 Å². The molecule has 0 aromatic carbocycles. The molecular formula is C13H23N3O4. The molecule has 0 radical (unpaired) electrons. The van der Waals surface area contributed by atoms with E-state index in [9.17, 15) is 14.4 Å². The molecule has 2 unspecified atom stereocenters. The average molecular weight is 285 g/mol. The van der Waals surface area contributed by atoms with Crippen LogP contribution in [0.2, 0.25) is 0 Å². The maximum Gasteiger partial charge on any atom is 0.326 e. The SMILES string of the molecule is CCC1CCCCC1NC(=O)N[C@@H](CC(N)=O)C(=O)O. The van der Waals surface area contributed by atoms with Crippen LogP contribution in [0.3, 0.4) is 0 Å². The molecule has 0 aromatic heterocycles. The number of carboxylic acids is 1. The van der Waals surface area contributed by atoms with Gasteiger partial charge in [-0.2, -0.15) is 0 Å². The summed E-state index contributed by atoms with van der Waals surface area (Å²) >= 11 is 0. The number of aliphatic carboxylic acids is 1. The molecule has 0 spiro atoms. The summed E-state index contributed by atoms with van der Waals surface area (Å²) in [5.74, 6) is -1.61. The van der Waals surface area contributed by atoms with Crippen LogP contribution in [0.15, 0.2) is 0 Å². The van der Waals surface area contributed by atoms with Crippen molar-refractivity contribution in [2.45, 2.75) is 57.5 Å². The van der Waals surface area contributed by atoms with E-state index in [1.54, 1.807) is 0 Å². The van der Waals surface area contributed by atoms with Gasteiger partial charge in [-0.25, -0.2) is 9.59 Å². The van der Waals surface area contributed by atoms with Gasteiger partial charge in [0.05, 0.1) is 6.42 Å². The van der Waals surface area contributed by atoms with E-state index in [2.05, 4.69) is 17.6 Å². The molecule has 1 saturated carbocycles. The number of rotatable bonds is 6. The molecule has 7 heteroatoms. The molecular weight excluding hydrogens is 262 g/mol. The Morgan fingerprint density at radius 1 is 1.30 bits per heavy atom. The van der Waals surface area contributed by atoms with Crippen molar-refractivity contribution in [3.05, 3.63) is 0 Å². The first kappa shape index (κ1) is 16.3. The van der Waals surface area contributed by atoms with Crippen molar-refractivity contribution in [1.82, 2.24) is 10.6 Å². The Hall–Kier alpha value is -1.79. The van der Waals surface area contributed by atoms with Gasteiger partial charge in [-0.15, -0.1) is 0 Å². The average Bonchev–Trinajstić information content (AvgIpc) is 2.37. The molecule has 1 rings (SSSR count). The van der Waals surface area contributed by atoms with E-state index >= 15 is 0 Å². The number of hydrogen-bond donors (Lipinski definition) is 4. The van der Waals surface area contributed by atoms with Crippen LogP contribution in [-0.4, -0.2) is 35.1 Å². The van der Waals surface area contributed by atoms with Crippen LogP contribution >= 0.6 is 0 Å². The first-order chi connectivity index (χ1) is 9.43. The number of amides is 3. The summed E-state index contributed by atoms with van der Waals surface area (Å²) in [5, 5.41) is 14.0. The fourth-order valence-electron chi connectivity index (χ4n) is 2.66. The van der Waals surface area contributed by atoms with Gasteiger partial charge in [0.2, 0.25) is 5.91 Å². The molecule has 5 N–H and O–H groups in total. The smallest absolute Gasteiger partial charge is 0.326 e. The molecule has 20 heavy (non-hydrogen) atoms. The molecule has 114 valence electrons. The molecule has 0 saturated heterocycles. The largest absolute Gasteiger partial charge is 0.480 e. The molecule has 1 fully saturated rings. The lowest BCUT2D eigenvalue weighted by Gasteiger charge is -2.31. The Kier molecular flexibility index (Phi) is 6.27. The third kappa shape index (κ3) is 5.07. The Labute approximate surface area is 118 Å². The second-order valence-corrected chi connectivity index (χ2v) is 5.24. The van der Waals surface area contributed by atoms with E-state index in [1.807, 2.05) is 0 Å². The minimum atomic E-state index is -1.28. The summed E-state index contributed by atoms with van der Waals surface area (Å²) < 4.78 is 0. The second-order valence-electron chi connectivity index (χ2n) is 5.24. The van der Waals surface area contributed by atoms with Crippen LogP contribution in [0.5, 0.6) is 0 Å². The second kappa shape index (κ2) is 7.72. The molecule has 3 amide bonds. The zero-order valence-electron chi connectivity index (χ0n) is 11.7. The van der Waals surface area contributed by atoms with Crippen molar-refractivity contribution in [2.24, 2.45) is 11.7 Å². The molecule has 1 aliphatic rings. The van der Waals surface area contributed by atoms with E-state index in [1.165, 1.54) is 0 Å². The third-order valence-corrected chi connectivity index (χ3v) is 3.76. The monoisotopic (exact) mass is 285 g/mol. The summed E-state index contributed by atoms with van der Waals surface area (Å²) in [6.45, 7) is 2.08. The van der Waals surface area contributed by atoms with Gasteiger partial charge in [-0.05, 0) is 18.8 Å². The maximum atomic E-state index is 11.8. The number of primary amides is 1. The molecule has 0 heterocycles. The highest BCUT2D eigenvalue weighted by Gasteiger charge is 2.27. The number of nitrogens with one attached hydrogen (secondary N) is 2. The highest BCUT2D eigenvalue weighted by molar-refractivity contribution is 5.87. The van der Waals surface area contributed by atoms with Crippen molar-refractivity contribution in [3.8, 4) is 0 Å². The normalized spacial score (nSPS) is 23.6. The lowest BCUT2D eigenvalue weighted by molar-refractivity contribution is -0.140. The molecule has 0 aliphatic heterocycles. The van der Waals surface area contributed by atoms with Gasteiger partial charge in [0.25, 0.3) is 0 Å². The van der Waals surface area contributed by atoms with E-state index in [-0.39, 0.29) is 6.04 Å². The third-order valence-electron chi connectivity index (χ3n) is 3.76.